The van der Waals surface area contributed by atoms with E-state index in [0.717, 1.165) is 0 Å². The number of anilines is 1. The molecule has 0 amide bonds. The number of nitrogens with zero attached hydrogens (tertiary/aromatic N) is 2. The van der Waals surface area contributed by atoms with Crippen molar-refractivity contribution < 1.29 is 15.0 Å². The Morgan fingerprint density at radius 1 is 1.29 bits per heavy atom. The summed E-state index contributed by atoms with van der Waals surface area (Å²) in [5.41, 5.74) is 0.320. The number of hydrogen-bond donors (Lipinski definition) is 2. The highest BCUT2D eigenvalue weighted by Gasteiger charge is 2.28. The quantitative estimate of drug-likeness (QED) is 0.886. The van der Waals surface area contributed by atoms with Crippen molar-refractivity contribution >= 4 is 22.7 Å². The zero-order valence-electron chi connectivity index (χ0n) is 11.9. The highest BCUT2D eigenvalue weighted by molar-refractivity contribution is 6.03. The topological polar surface area (TPSA) is 73.7 Å². The van der Waals surface area contributed by atoms with Crippen LogP contribution in [0.4, 0.5) is 5.82 Å². The molecule has 2 aromatic rings. The zero-order chi connectivity index (χ0) is 15.0. The Morgan fingerprint density at radius 2 is 1.95 bits per heavy atom. The van der Waals surface area contributed by atoms with Gasteiger partial charge in [0.2, 0.25) is 0 Å². The number of para-hydroxylation sites is 1. The molecule has 5 nitrogen and oxygen atoms in total. The van der Waals surface area contributed by atoms with Gasteiger partial charge in [-0.2, -0.15) is 0 Å². The summed E-state index contributed by atoms with van der Waals surface area (Å²) in [5, 5.41) is 20.1. The number of fused-ring (bicyclic) bond motifs is 1. The van der Waals surface area contributed by atoms with Crippen LogP contribution in [-0.4, -0.2) is 39.9 Å². The summed E-state index contributed by atoms with van der Waals surface area (Å²) < 4.78 is 0. The first-order chi connectivity index (χ1) is 9.96. The van der Waals surface area contributed by atoms with Gasteiger partial charge in [0.25, 0.3) is 0 Å². The van der Waals surface area contributed by atoms with Gasteiger partial charge >= 0.3 is 5.97 Å². The standard InChI is InChI=1S/C16H18N2O3/c1-16(21)6-8-18(9-7-16)14-10-12(15(19)20)11-4-2-3-5-13(11)17-14/h2-5,10,21H,6-9H2,1H3,(H,19,20). The first-order valence-electron chi connectivity index (χ1n) is 7.07. The van der Waals surface area contributed by atoms with E-state index in [9.17, 15) is 15.0 Å². The average Bonchev–Trinajstić information content (AvgIpc) is 2.46. The molecule has 21 heavy (non-hydrogen) atoms. The smallest absolute Gasteiger partial charge is 0.336 e. The van der Waals surface area contributed by atoms with E-state index in [4.69, 9.17) is 0 Å². The lowest BCUT2D eigenvalue weighted by Gasteiger charge is -2.36. The predicted octanol–water partition coefficient (Wildman–Crippen LogP) is 2.28. The SMILES string of the molecule is CC1(O)CCN(c2cc(C(=O)O)c3ccccc3n2)CC1. The van der Waals surface area contributed by atoms with Crippen molar-refractivity contribution in [3.63, 3.8) is 0 Å². The minimum absolute atomic E-state index is 0.271. The van der Waals surface area contributed by atoms with Gasteiger partial charge in [-0.05, 0) is 31.9 Å². The van der Waals surface area contributed by atoms with Gasteiger partial charge in [0.1, 0.15) is 5.82 Å². The maximum Gasteiger partial charge on any atom is 0.336 e. The van der Waals surface area contributed by atoms with Gasteiger partial charge in [0.15, 0.2) is 0 Å². The van der Waals surface area contributed by atoms with Crippen molar-refractivity contribution in [3.8, 4) is 0 Å². The third-order valence-electron chi connectivity index (χ3n) is 4.10. The molecule has 1 aliphatic rings. The molecule has 2 N–H and O–H groups in total. The van der Waals surface area contributed by atoms with E-state index in [1.54, 1.807) is 12.1 Å². The number of aromatic carboxylic acids is 1. The molecule has 1 saturated heterocycles. The Labute approximate surface area is 122 Å². The predicted molar refractivity (Wildman–Crippen MR) is 80.8 cm³/mol. The Bertz CT molecular complexity index is 687. The summed E-state index contributed by atoms with van der Waals surface area (Å²) in [4.78, 5) is 18.1. The van der Waals surface area contributed by atoms with Gasteiger partial charge in [-0.1, -0.05) is 18.2 Å². The molecular formula is C16H18N2O3. The molecule has 3 rings (SSSR count). The second-order valence-electron chi connectivity index (χ2n) is 5.83. The van der Waals surface area contributed by atoms with Crippen molar-refractivity contribution in [1.29, 1.82) is 0 Å². The van der Waals surface area contributed by atoms with E-state index in [2.05, 4.69) is 4.98 Å². The number of pyridine rings is 1. The van der Waals surface area contributed by atoms with E-state index < -0.39 is 11.6 Å². The Balaban J connectivity index is 2.02. The molecule has 0 radical (unpaired) electrons. The molecule has 0 unspecified atom stereocenters. The number of hydrogen-bond acceptors (Lipinski definition) is 4. The third kappa shape index (κ3) is 2.69. The number of benzene rings is 1. The van der Waals surface area contributed by atoms with Gasteiger partial charge in [-0.25, -0.2) is 9.78 Å². The lowest BCUT2D eigenvalue weighted by atomic mass is 9.94. The minimum Gasteiger partial charge on any atom is -0.478 e. The number of rotatable bonds is 2. The molecule has 0 atom stereocenters. The third-order valence-corrected chi connectivity index (χ3v) is 4.10. The van der Waals surface area contributed by atoms with Crippen LogP contribution in [0.2, 0.25) is 0 Å². The maximum absolute atomic E-state index is 11.5. The highest BCUT2D eigenvalue weighted by atomic mass is 16.4. The van der Waals surface area contributed by atoms with Gasteiger partial charge in [-0.15, -0.1) is 0 Å². The summed E-state index contributed by atoms with van der Waals surface area (Å²) >= 11 is 0. The Hall–Kier alpha value is -2.14. The van der Waals surface area contributed by atoms with E-state index in [1.807, 2.05) is 30.0 Å². The van der Waals surface area contributed by atoms with Gasteiger partial charge in [-0.3, -0.25) is 0 Å². The van der Waals surface area contributed by atoms with Crippen LogP contribution in [0.25, 0.3) is 10.9 Å². The maximum atomic E-state index is 11.5. The molecule has 0 bridgehead atoms. The first kappa shape index (κ1) is 13.8. The van der Waals surface area contributed by atoms with Crippen molar-refractivity contribution in [2.45, 2.75) is 25.4 Å². The second-order valence-corrected chi connectivity index (χ2v) is 5.83. The van der Waals surface area contributed by atoms with Crippen molar-refractivity contribution in [2.24, 2.45) is 0 Å². The summed E-state index contributed by atoms with van der Waals surface area (Å²) in [7, 11) is 0. The first-order valence-corrected chi connectivity index (χ1v) is 7.07. The molecule has 2 heterocycles. The molecule has 1 aliphatic heterocycles. The number of piperidine rings is 1. The molecule has 0 spiro atoms. The van der Waals surface area contributed by atoms with Crippen molar-refractivity contribution in [3.05, 3.63) is 35.9 Å². The molecule has 0 aliphatic carbocycles. The van der Waals surface area contributed by atoms with Crippen LogP contribution >= 0.6 is 0 Å². The molecule has 5 heteroatoms. The second kappa shape index (κ2) is 5.00. The van der Waals surface area contributed by atoms with E-state index in [1.165, 1.54) is 0 Å². The number of carboxylic acids is 1. The lowest BCUT2D eigenvalue weighted by Crippen LogP contribution is -2.42. The van der Waals surface area contributed by atoms with E-state index >= 15 is 0 Å². The number of aromatic nitrogens is 1. The fourth-order valence-corrected chi connectivity index (χ4v) is 2.72. The van der Waals surface area contributed by atoms with Crippen molar-refractivity contribution in [2.75, 3.05) is 18.0 Å². The summed E-state index contributed by atoms with van der Waals surface area (Å²) in [6.07, 6.45) is 1.31. The van der Waals surface area contributed by atoms with Gasteiger partial charge < -0.3 is 15.1 Å². The largest absolute Gasteiger partial charge is 0.478 e. The number of aliphatic hydroxyl groups is 1. The number of carboxylic acid groups (broad SMARTS) is 1. The molecule has 0 saturated carbocycles. The van der Waals surface area contributed by atoms with Crippen LogP contribution < -0.4 is 4.90 Å². The molecule has 1 fully saturated rings. The van der Waals surface area contributed by atoms with Crippen LogP contribution in [0.3, 0.4) is 0 Å². The summed E-state index contributed by atoms with van der Waals surface area (Å²) in [5.74, 6) is -0.277. The van der Waals surface area contributed by atoms with Crippen LogP contribution in [0.1, 0.15) is 30.1 Å². The number of carbonyl (C=O) groups is 1. The van der Waals surface area contributed by atoms with Crippen LogP contribution in [0, 0.1) is 0 Å². The zero-order valence-corrected chi connectivity index (χ0v) is 11.9. The van der Waals surface area contributed by atoms with Gasteiger partial charge in [0.05, 0.1) is 16.7 Å². The normalized spacial score (nSPS) is 17.9. The average molecular weight is 286 g/mol. The van der Waals surface area contributed by atoms with Crippen LogP contribution in [0.15, 0.2) is 30.3 Å². The monoisotopic (exact) mass is 286 g/mol. The summed E-state index contributed by atoms with van der Waals surface area (Å²) in [6, 6.07) is 8.90. The van der Waals surface area contributed by atoms with E-state index in [-0.39, 0.29) is 5.56 Å². The summed E-state index contributed by atoms with van der Waals surface area (Å²) in [6.45, 7) is 3.19. The fraction of sp³-hybridized carbons (Fsp3) is 0.375. The minimum atomic E-state index is -0.946. The Kier molecular flexibility index (Phi) is 3.29. The Morgan fingerprint density at radius 3 is 2.62 bits per heavy atom. The molecular weight excluding hydrogens is 268 g/mol. The molecule has 110 valence electrons. The van der Waals surface area contributed by atoms with Gasteiger partial charge in [0, 0.05) is 18.5 Å². The fourth-order valence-electron chi connectivity index (χ4n) is 2.72. The molecule has 1 aromatic carbocycles. The van der Waals surface area contributed by atoms with Crippen LogP contribution in [-0.2, 0) is 0 Å². The van der Waals surface area contributed by atoms with Crippen LogP contribution in [0.5, 0.6) is 0 Å². The van der Waals surface area contributed by atoms with Crippen molar-refractivity contribution in [1.82, 2.24) is 4.98 Å². The lowest BCUT2D eigenvalue weighted by molar-refractivity contribution is 0.0350. The highest BCUT2D eigenvalue weighted by Crippen LogP contribution is 2.28. The van der Waals surface area contributed by atoms with E-state index in [0.29, 0.717) is 42.7 Å². The molecule has 1 aromatic heterocycles.